The van der Waals surface area contributed by atoms with Crippen molar-refractivity contribution in [3.63, 3.8) is 0 Å². The molecule has 0 aliphatic carbocycles. The summed E-state index contributed by atoms with van der Waals surface area (Å²) in [6.07, 6.45) is 3.22. The number of ether oxygens (including phenoxy) is 1. The second-order valence-corrected chi connectivity index (χ2v) is 1.04. The van der Waals surface area contributed by atoms with Crippen LogP contribution in [-0.4, -0.2) is 6.73 Å². The van der Waals surface area contributed by atoms with Gasteiger partial charge >= 0.3 is 0 Å². The second-order valence-electron chi connectivity index (χ2n) is 1.04. The van der Waals surface area contributed by atoms with Gasteiger partial charge in [-0.05, 0) is 6.08 Å². The van der Waals surface area contributed by atoms with Gasteiger partial charge in [0.25, 0.3) is 0 Å². The van der Waals surface area contributed by atoms with Crippen molar-refractivity contribution in [2.75, 3.05) is 6.73 Å². The molecule has 1 heterocycles. The van der Waals surface area contributed by atoms with Gasteiger partial charge in [0.05, 0.1) is 6.26 Å². The van der Waals surface area contributed by atoms with E-state index in [0.717, 1.165) is 0 Å². The van der Waals surface area contributed by atoms with Crippen molar-refractivity contribution in [2.24, 2.45) is 0 Å². The van der Waals surface area contributed by atoms with Crippen LogP contribution in [-0.2, 0) is 9.57 Å². The highest BCUT2D eigenvalue weighted by Gasteiger charge is 1.86. The third-order valence-electron chi connectivity index (χ3n) is 0.547. The van der Waals surface area contributed by atoms with Crippen LogP contribution >= 0.6 is 0 Å². The van der Waals surface area contributed by atoms with Gasteiger partial charge in [-0.1, -0.05) is 0 Å². The molecule has 1 radical (unpaired) electrons. The third kappa shape index (κ3) is 1.57. The maximum absolute atomic E-state index is 4.75. The smallest absolute Gasteiger partial charge is 0.160 e. The van der Waals surface area contributed by atoms with E-state index in [1.54, 1.807) is 12.3 Å². The van der Waals surface area contributed by atoms with Gasteiger partial charge in [0.2, 0.25) is 0 Å². The van der Waals surface area contributed by atoms with E-state index in [9.17, 15) is 0 Å². The first kappa shape index (κ1) is 4.61. The lowest BCUT2D eigenvalue weighted by Crippen LogP contribution is -2.12. The molecule has 0 saturated carbocycles. The number of hydrogen-bond acceptors (Lipinski definition) is 3. The van der Waals surface area contributed by atoms with Crippen LogP contribution in [0, 0.1) is 6.61 Å². The van der Waals surface area contributed by atoms with Crippen molar-refractivity contribution < 1.29 is 9.57 Å². The van der Waals surface area contributed by atoms with Crippen molar-refractivity contribution >= 4 is 0 Å². The summed E-state index contributed by atoms with van der Waals surface area (Å²) in [6, 6.07) is 0. The third-order valence-corrected chi connectivity index (χ3v) is 0.547. The first-order valence-corrected chi connectivity index (χ1v) is 1.98. The minimum Gasteiger partial charge on any atom is -0.484 e. The van der Waals surface area contributed by atoms with Gasteiger partial charge in [0, 0.05) is 0 Å². The Morgan fingerprint density at radius 1 is 1.57 bits per heavy atom. The number of hydroxylamine groups is 1. The van der Waals surface area contributed by atoms with Gasteiger partial charge < -0.3 is 4.74 Å². The van der Waals surface area contributed by atoms with Gasteiger partial charge in [-0.2, -0.15) is 5.48 Å². The standard InChI is InChI=1S/C4H6NO2/c1-2-6-4-5-7-3-1/h1-3,5H,4H2. The highest BCUT2D eigenvalue weighted by molar-refractivity contribution is 4.83. The molecule has 7 heavy (non-hydrogen) atoms. The van der Waals surface area contributed by atoms with E-state index >= 15 is 0 Å². The van der Waals surface area contributed by atoms with Crippen LogP contribution in [0.1, 0.15) is 0 Å². The molecule has 0 unspecified atom stereocenters. The minimum absolute atomic E-state index is 0.410. The Labute approximate surface area is 41.9 Å². The Morgan fingerprint density at radius 3 is 3.57 bits per heavy atom. The predicted octanol–water partition coefficient (Wildman–Crippen LogP) is 0.171. The van der Waals surface area contributed by atoms with Crippen LogP contribution in [0.5, 0.6) is 0 Å². The van der Waals surface area contributed by atoms with Gasteiger partial charge in [-0.25, -0.2) is 0 Å². The average Bonchev–Trinajstić information content (AvgIpc) is 1.90. The van der Waals surface area contributed by atoms with E-state index < -0.39 is 0 Å². The molecule has 0 aromatic rings. The molecule has 0 fully saturated rings. The summed E-state index contributed by atoms with van der Waals surface area (Å²) in [5.41, 5.74) is 2.51. The first-order chi connectivity index (χ1) is 3.50. The summed E-state index contributed by atoms with van der Waals surface area (Å²) in [4.78, 5) is 4.61. The zero-order chi connectivity index (χ0) is 4.95. The molecule has 0 atom stereocenters. The molecule has 3 nitrogen and oxygen atoms in total. The zero-order valence-electron chi connectivity index (χ0n) is 3.76. The largest absolute Gasteiger partial charge is 0.484 e. The number of rotatable bonds is 0. The normalized spacial score (nSPS) is 20.6. The first-order valence-electron chi connectivity index (χ1n) is 1.98. The number of hydrogen-bond donors (Lipinski definition) is 1. The molecule has 1 rings (SSSR count). The second kappa shape index (κ2) is 2.60. The maximum atomic E-state index is 4.75. The summed E-state index contributed by atoms with van der Waals surface area (Å²) in [7, 11) is 0. The Hall–Kier alpha value is -0.540. The minimum atomic E-state index is 0.410. The summed E-state index contributed by atoms with van der Waals surface area (Å²) in [5.74, 6) is 0. The van der Waals surface area contributed by atoms with Crippen molar-refractivity contribution in [3.8, 4) is 0 Å². The lowest BCUT2D eigenvalue weighted by atomic mass is 10.7. The van der Waals surface area contributed by atoms with Crippen molar-refractivity contribution in [1.82, 2.24) is 5.48 Å². The molecule has 0 amide bonds. The summed E-state index contributed by atoms with van der Waals surface area (Å²) >= 11 is 0. The van der Waals surface area contributed by atoms with Gasteiger partial charge in [0.1, 0.15) is 6.61 Å². The Balaban J connectivity index is 2.20. The number of nitrogens with one attached hydrogen (secondary N) is 1. The fraction of sp³-hybridized carbons (Fsp3) is 0.250. The van der Waals surface area contributed by atoms with Crippen molar-refractivity contribution in [1.29, 1.82) is 0 Å². The van der Waals surface area contributed by atoms with E-state index in [0.29, 0.717) is 6.73 Å². The highest BCUT2D eigenvalue weighted by atomic mass is 16.7. The Morgan fingerprint density at radius 2 is 2.57 bits per heavy atom. The molecule has 39 valence electrons. The highest BCUT2D eigenvalue weighted by Crippen LogP contribution is 1.86. The molecule has 1 N–H and O–H groups in total. The Kier molecular flexibility index (Phi) is 1.72. The molecular weight excluding hydrogens is 94.0 g/mol. The van der Waals surface area contributed by atoms with E-state index in [1.165, 1.54) is 6.61 Å². The molecular formula is C4H6NO2. The van der Waals surface area contributed by atoms with Crippen molar-refractivity contribution in [3.05, 3.63) is 18.9 Å². The quantitative estimate of drug-likeness (QED) is 0.470. The van der Waals surface area contributed by atoms with Crippen LogP contribution in [0.4, 0.5) is 0 Å². The molecule has 1 aliphatic rings. The van der Waals surface area contributed by atoms with Crippen LogP contribution in [0.15, 0.2) is 12.3 Å². The van der Waals surface area contributed by atoms with Crippen LogP contribution in [0.25, 0.3) is 0 Å². The fourth-order valence-corrected chi connectivity index (χ4v) is 0.291. The van der Waals surface area contributed by atoms with Crippen molar-refractivity contribution in [2.45, 2.75) is 0 Å². The lowest BCUT2D eigenvalue weighted by Gasteiger charge is -1.95. The van der Waals surface area contributed by atoms with E-state index in [1.807, 2.05) is 0 Å². The fourth-order valence-electron chi connectivity index (χ4n) is 0.291. The lowest BCUT2D eigenvalue weighted by molar-refractivity contribution is 0.0472. The van der Waals surface area contributed by atoms with E-state index in [4.69, 9.17) is 4.74 Å². The average molecular weight is 100 g/mol. The Bertz CT molecular complexity index is 64.1. The van der Waals surface area contributed by atoms with Crippen LogP contribution < -0.4 is 5.48 Å². The molecule has 1 aliphatic heterocycles. The van der Waals surface area contributed by atoms with E-state index in [2.05, 4.69) is 10.3 Å². The van der Waals surface area contributed by atoms with E-state index in [-0.39, 0.29) is 0 Å². The predicted molar refractivity (Wildman–Crippen MR) is 23.6 cm³/mol. The molecule has 0 saturated heterocycles. The summed E-state index contributed by atoms with van der Waals surface area (Å²) < 4.78 is 4.75. The summed E-state index contributed by atoms with van der Waals surface area (Å²) in [6.45, 7) is 1.92. The monoisotopic (exact) mass is 100 g/mol. The molecule has 0 bridgehead atoms. The maximum Gasteiger partial charge on any atom is 0.160 e. The molecule has 3 heteroatoms. The topological polar surface area (TPSA) is 30.5 Å². The van der Waals surface area contributed by atoms with Crippen LogP contribution in [0.3, 0.4) is 0 Å². The van der Waals surface area contributed by atoms with Gasteiger partial charge in [-0.3, -0.25) is 4.84 Å². The van der Waals surface area contributed by atoms with Gasteiger partial charge in [0.15, 0.2) is 6.73 Å². The molecule has 0 aromatic heterocycles. The molecule has 0 spiro atoms. The van der Waals surface area contributed by atoms with Crippen LogP contribution in [0.2, 0.25) is 0 Å². The zero-order valence-corrected chi connectivity index (χ0v) is 3.76. The SMILES string of the molecule is [CH]1C=COCNO1. The van der Waals surface area contributed by atoms with Gasteiger partial charge in [-0.15, -0.1) is 0 Å². The summed E-state index contributed by atoms with van der Waals surface area (Å²) in [5, 5.41) is 0. The molecule has 0 aromatic carbocycles.